The summed E-state index contributed by atoms with van der Waals surface area (Å²) in [4.78, 5) is 10.6. The van der Waals surface area contributed by atoms with Gasteiger partial charge in [0.05, 0.1) is 13.2 Å². The van der Waals surface area contributed by atoms with Gasteiger partial charge in [-0.25, -0.2) is 0 Å². The Balaban J connectivity index is 1.20. The first-order valence-corrected chi connectivity index (χ1v) is 12.6. The zero-order valence-corrected chi connectivity index (χ0v) is 18.2. The number of thioether (sulfide) groups is 2. The van der Waals surface area contributed by atoms with E-state index in [1.807, 2.05) is 11.8 Å². The fraction of sp³-hybridized carbons (Fsp3) is 0.682. The van der Waals surface area contributed by atoms with Gasteiger partial charge in [0.1, 0.15) is 11.2 Å². The van der Waals surface area contributed by atoms with Crippen LogP contribution >= 0.6 is 23.5 Å². The molecule has 1 aromatic rings. The number of benzene rings is 1. The average molecular weight is 425 g/mol. The summed E-state index contributed by atoms with van der Waals surface area (Å²) in [6.07, 6.45) is 9.33. The maximum Gasteiger partial charge on any atom is 0.303 e. The van der Waals surface area contributed by atoms with Crippen LogP contribution in [0.25, 0.3) is 0 Å². The van der Waals surface area contributed by atoms with Gasteiger partial charge in [-0.2, -0.15) is 11.8 Å². The molecule has 3 rings (SSSR count). The Labute approximate surface area is 177 Å². The van der Waals surface area contributed by atoms with E-state index >= 15 is 0 Å². The van der Waals surface area contributed by atoms with E-state index in [4.69, 9.17) is 14.6 Å². The molecule has 28 heavy (non-hydrogen) atoms. The van der Waals surface area contributed by atoms with Gasteiger partial charge in [0.25, 0.3) is 0 Å². The zero-order chi connectivity index (χ0) is 19.6. The van der Waals surface area contributed by atoms with Crippen molar-refractivity contribution in [1.82, 2.24) is 0 Å². The van der Waals surface area contributed by atoms with E-state index in [0.717, 1.165) is 31.1 Å². The Morgan fingerprint density at radius 1 is 1.25 bits per heavy atom. The highest BCUT2D eigenvalue weighted by molar-refractivity contribution is 8.03. The first-order chi connectivity index (χ1) is 13.7. The van der Waals surface area contributed by atoms with Crippen LogP contribution in [-0.4, -0.2) is 46.5 Å². The molecule has 156 valence electrons. The number of aryl methyl sites for hydroxylation is 1. The predicted molar refractivity (Wildman–Crippen MR) is 118 cm³/mol. The first kappa shape index (κ1) is 21.8. The minimum Gasteiger partial charge on any atom is -0.493 e. The minimum atomic E-state index is -0.738. The van der Waals surface area contributed by atoms with Gasteiger partial charge in [-0.15, -0.1) is 11.8 Å². The molecular weight excluding hydrogens is 392 g/mol. The average Bonchev–Trinajstić information content (AvgIpc) is 3.16. The summed E-state index contributed by atoms with van der Waals surface area (Å²) in [5, 5.41) is 9.25. The van der Waals surface area contributed by atoms with Crippen molar-refractivity contribution in [3.63, 3.8) is 0 Å². The van der Waals surface area contributed by atoms with Crippen molar-refractivity contribution >= 4 is 29.5 Å². The molecule has 2 unspecified atom stereocenters. The molecule has 1 aliphatic carbocycles. The number of unbranched alkanes of at least 4 members (excludes halogenated alkanes) is 2. The van der Waals surface area contributed by atoms with Crippen LogP contribution in [0.5, 0.6) is 5.75 Å². The van der Waals surface area contributed by atoms with Crippen LogP contribution in [0.4, 0.5) is 0 Å². The molecule has 2 atom stereocenters. The summed E-state index contributed by atoms with van der Waals surface area (Å²) in [6, 6.07) is 6.51. The quantitative estimate of drug-likeness (QED) is 0.467. The van der Waals surface area contributed by atoms with E-state index < -0.39 is 5.97 Å². The number of fused-ring (bicyclic) bond motifs is 1. The zero-order valence-electron chi connectivity index (χ0n) is 16.6. The smallest absolute Gasteiger partial charge is 0.303 e. The lowest BCUT2D eigenvalue weighted by atomic mass is 9.91. The van der Waals surface area contributed by atoms with E-state index in [1.165, 1.54) is 55.4 Å². The van der Waals surface area contributed by atoms with Crippen LogP contribution in [0.1, 0.15) is 56.1 Å². The molecule has 0 saturated carbocycles. The van der Waals surface area contributed by atoms with Crippen LogP contribution in [0.2, 0.25) is 0 Å². The standard InChI is InChI=1S/C22H32O4S2/c23-21(24)11-12-22-26-15-18(28-22)16-27-14-5-1-4-13-25-20-10-6-8-17-7-2-3-9-19(17)20/h6,8,10,18,22H,1-5,7,9,11-16H2,(H,23,24). The summed E-state index contributed by atoms with van der Waals surface area (Å²) in [7, 11) is 0. The highest BCUT2D eigenvalue weighted by Gasteiger charge is 2.26. The molecule has 4 nitrogen and oxygen atoms in total. The molecule has 0 radical (unpaired) electrons. The third kappa shape index (κ3) is 7.20. The Bertz CT molecular complexity index is 623. The summed E-state index contributed by atoms with van der Waals surface area (Å²) < 4.78 is 11.8. The fourth-order valence-electron chi connectivity index (χ4n) is 3.75. The maximum absolute atomic E-state index is 10.6. The highest BCUT2D eigenvalue weighted by Crippen LogP contribution is 2.33. The Morgan fingerprint density at radius 2 is 2.14 bits per heavy atom. The summed E-state index contributed by atoms with van der Waals surface area (Å²) in [5.41, 5.74) is 3.00. The monoisotopic (exact) mass is 424 g/mol. The maximum atomic E-state index is 10.6. The van der Waals surface area contributed by atoms with Gasteiger partial charge >= 0.3 is 5.97 Å². The molecule has 1 heterocycles. The van der Waals surface area contributed by atoms with E-state index in [1.54, 1.807) is 11.8 Å². The minimum absolute atomic E-state index is 0.0718. The number of carboxylic acids is 1. The molecule has 6 heteroatoms. The Morgan fingerprint density at radius 3 is 3.04 bits per heavy atom. The summed E-state index contributed by atoms with van der Waals surface area (Å²) in [6.45, 7) is 1.58. The van der Waals surface area contributed by atoms with Crippen molar-refractivity contribution in [2.45, 2.75) is 68.5 Å². The highest BCUT2D eigenvalue weighted by atomic mass is 32.2. The molecule has 1 fully saturated rings. The van der Waals surface area contributed by atoms with Crippen molar-refractivity contribution < 1.29 is 19.4 Å². The second-order valence-electron chi connectivity index (χ2n) is 7.54. The van der Waals surface area contributed by atoms with Crippen LogP contribution in [0, 0.1) is 0 Å². The van der Waals surface area contributed by atoms with Crippen molar-refractivity contribution in [2.75, 3.05) is 24.7 Å². The van der Waals surface area contributed by atoms with Crippen molar-refractivity contribution in [1.29, 1.82) is 0 Å². The van der Waals surface area contributed by atoms with Gasteiger partial charge in [0.15, 0.2) is 0 Å². The number of hydrogen-bond donors (Lipinski definition) is 1. The van der Waals surface area contributed by atoms with Gasteiger partial charge in [-0.05, 0) is 74.3 Å². The van der Waals surface area contributed by atoms with Gasteiger partial charge in [-0.3, -0.25) is 4.79 Å². The van der Waals surface area contributed by atoms with Crippen molar-refractivity contribution in [3.05, 3.63) is 29.3 Å². The van der Waals surface area contributed by atoms with E-state index in [-0.39, 0.29) is 11.9 Å². The third-order valence-electron chi connectivity index (χ3n) is 5.25. The normalized spacial score (nSPS) is 21.4. The number of ether oxygens (including phenoxy) is 2. The van der Waals surface area contributed by atoms with Gasteiger partial charge in [0.2, 0.25) is 0 Å². The first-order valence-electron chi connectivity index (χ1n) is 10.5. The number of aliphatic carboxylic acids is 1. The number of hydrogen-bond acceptors (Lipinski definition) is 5. The van der Waals surface area contributed by atoms with Crippen LogP contribution in [0.15, 0.2) is 18.2 Å². The van der Waals surface area contributed by atoms with E-state index in [2.05, 4.69) is 18.2 Å². The molecule has 0 amide bonds. The lowest BCUT2D eigenvalue weighted by Gasteiger charge is -2.19. The molecule has 0 bridgehead atoms. The lowest BCUT2D eigenvalue weighted by molar-refractivity contribution is -0.137. The molecule has 1 N–H and O–H groups in total. The second kappa shape index (κ2) is 12.0. The second-order valence-corrected chi connectivity index (χ2v) is 10.2. The molecule has 2 aliphatic rings. The number of rotatable bonds is 12. The van der Waals surface area contributed by atoms with Gasteiger partial charge < -0.3 is 14.6 Å². The molecule has 1 aromatic carbocycles. The lowest BCUT2D eigenvalue weighted by Crippen LogP contribution is -2.07. The van der Waals surface area contributed by atoms with Crippen LogP contribution in [-0.2, 0) is 22.4 Å². The summed E-state index contributed by atoms with van der Waals surface area (Å²) in [5.74, 6) is 2.65. The molecular formula is C22H32O4S2. The Hall–Kier alpha value is -0.850. The summed E-state index contributed by atoms with van der Waals surface area (Å²) >= 11 is 3.80. The number of carboxylic acid groups (broad SMARTS) is 1. The predicted octanol–water partition coefficient (Wildman–Crippen LogP) is 5.17. The SMILES string of the molecule is O=C(O)CCC1OCC(CSCCCCCOc2cccc3c2CCCC3)S1. The van der Waals surface area contributed by atoms with Gasteiger partial charge in [-0.1, -0.05) is 12.1 Å². The molecule has 1 saturated heterocycles. The Kier molecular flexibility index (Phi) is 9.35. The molecule has 0 aromatic heterocycles. The van der Waals surface area contributed by atoms with E-state index in [9.17, 15) is 4.79 Å². The van der Waals surface area contributed by atoms with Gasteiger partial charge in [0, 0.05) is 17.4 Å². The fourth-order valence-corrected chi connectivity index (χ4v) is 6.28. The topological polar surface area (TPSA) is 55.8 Å². The largest absolute Gasteiger partial charge is 0.493 e. The van der Waals surface area contributed by atoms with E-state index in [0.29, 0.717) is 11.7 Å². The number of carbonyl (C=O) groups is 1. The van der Waals surface area contributed by atoms with Crippen LogP contribution < -0.4 is 4.74 Å². The van der Waals surface area contributed by atoms with Crippen LogP contribution in [0.3, 0.4) is 0 Å². The van der Waals surface area contributed by atoms with Crippen molar-refractivity contribution in [3.8, 4) is 5.75 Å². The molecule has 1 aliphatic heterocycles. The third-order valence-corrected chi connectivity index (χ3v) is 8.04. The molecule has 0 spiro atoms. The van der Waals surface area contributed by atoms with Crippen molar-refractivity contribution in [2.24, 2.45) is 0 Å².